The summed E-state index contributed by atoms with van der Waals surface area (Å²) in [6.07, 6.45) is 7.43. The summed E-state index contributed by atoms with van der Waals surface area (Å²) in [4.78, 5) is 13.6. The largest absolute Gasteiger partial charge is 0.264 e. The summed E-state index contributed by atoms with van der Waals surface area (Å²) < 4.78 is 0. The van der Waals surface area contributed by atoms with E-state index in [1.165, 1.54) is 0 Å². The number of hydrogen-bond acceptors (Lipinski definition) is 3. The molecule has 3 nitrogen and oxygen atoms in total. The molecule has 0 saturated heterocycles. The summed E-state index contributed by atoms with van der Waals surface area (Å²) in [7, 11) is 0. The molecule has 5 aromatic carbocycles. The van der Waals surface area contributed by atoms with Crippen LogP contribution in [0.25, 0.3) is 78.1 Å². The predicted octanol–water partition coefficient (Wildman–Crippen LogP) is 11.5. The molecule has 0 unspecified atom stereocenters. The van der Waals surface area contributed by atoms with Crippen LogP contribution in [0.1, 0.15) is 0 Å². The first-order valence-corrected chi connectivity index (χ1v) is 16.1. The Morgan fingerprint density at radius 1 is 0.250 bits per heavy atom. The molecule has 0 atom stereocenters. The Bertz CT molecular complexity index is 2190. The van der Waals surface area contributed by atoms with Gasteiger partial charge in [-0.1, -0.05) is 91.0 Å². The van der Waals surface area contributed by atoms with E-state index in [1.54, 1.807) is 0 Å². The highest BCUT2D eigenvalue weighted by molar-refractivity contribution is 5.84. The van der Waals surface area contributed by atoms with Crippen molar-refractivity contribution in [2.24, 2.45) is 0 Å². The lowest BCUT2D eigenvalue weighted by Gasteiger charge is -2.13. The second-order valence-electron chi connectivity index (χ2n) is 11.8. The van der Waals surface area contributed by atoms with Crippen LogP contribution in [0.3, 0.4) is 0 Å². The summed E-state index contributed by atoms with van der Waals surface area (Å²) in [5.74, 6) is 0. The topological polar surface area (TPSA) is 38.7 Å². The molecule has 0 saturated carbocycles. The molecule has 3 aromatic heterocycles. The standard InChI is InChI=1S/C45H31N3/c1-3-22-47-44(19-1)38-16-7-12-34(26-38)32-10-5-14-36(24-32)41-28-42(30-43(29-41)40-18-9-21-46-31-40)37-15-6-11-33(25-37)35-13-8-17-39(27-35)45-20-2-4-23-48-45/h1-31H. The summed E-state index contributed by atoms with van der Waals surface area (Å²) in [5, 5.41) is 0. The molecule has 226 valence electrons. The van der Waals surface area contributed by atoms with E-state index in [9.17, 15) is 0 Å². The Kier molecular flexibility index (Phi) is 7.92. The Labute approximate surface area is 280 Å². The molecule has 0 aliphatic carbocycles. The van der Waals surface area contributed by atoms with Crippen LogP contribution in [-0.2, 0) is 0 Å². The molecule has 8 rings (SSSR count). The predicted molar refractivity (Wildman–Crippen MR) is 198 cm³/mol. The number of pyridine rings is 3. The van der Waals surface area contributed by atoms with Crippen LogP contribution in [0.2, 0.25) is 0 Å². The van der Waals surface area contributed by atoms with Gasteiger partial charge < -0.3 is 0 Å². The van der Waals surface area contributed by atoms with Crippen molar-refractivity contribution in [2.45, 2.75) is 0 Å². The average molecular weight is 614 g/mol. The Morgan fingerprint density at radius 2 is 0.604 bits per heavy atom. The highest BCUT2D eigenvalue weighted by atomic mass is 14.7. The molecule has 0 amide bonds. The number of rotatable bonds is 7. The third-order valence-corrected chi connectivity index (χ3v) is 8.63. The maximum atomic E-state index is 4.56. The Morgan fingerprint density at radius 3 is 1.00 bits per heavy atom. The molecule has 0 fully saturated rings. The van der Waals surface area contributed by atoms with Gasteiger partial charge in [0, 0.05) is 41.5 Å². The van der Waals surface area contributed by atoms with Crippen molar-refractivity contribution in [2.75, 3.05) is 0 Å². The highest BCUT2D eigenvalue weighted by Crippen LogP contribution is 2.36. The maximum absolute atomic E-state index is 4.56. The van der Waals surface area contributed by atoms with Gasteiger partial charge in [-0.2, -0.15) is 0 Å². The lowest BCUT2D eigenvalue weighted by molar-refractivity contribution is 1.33. The van der Waals surface area contributed by atoms with Gasteiger partial charge in [0.15, 0.2) is 0 Å². The molecule has 48 heavy (non-hydrogen) atoms. The molecule has 0 aliphatic heterocycles. The van der Waals surface area contributed by atoms with Gasteiger partial charge in [-0.15, -0.1) is 0 Å². The van der Waals surface area contributed by atoms with E-state index < -0.39 is 0 Å². The first kappa shape index (κ1) is 29.0. The molecular weight excluding hydrogens is 583 g/mol. The van der Waals surface area contributed by atoms with Crippen molar-refractivity contribution >= 4 is 0 Å². The molecule has 0 N–H and O–H groups in total. The van der Waals surface area contributed by atoms with Gasteiger partial charge in [0.25, 0.3) is 0 Å². The smallest absolute Gasteiger partial charge is 0.0702 e. The minimum atomic E-state index is 0.968. The lowest BCUT2D eigenvalue weighted by atomic mass is 9.91. The number of hydrogen-bond donors (Lipinski definition) is 0. The van der Waals surface area contributed by atoms with Crippen LogP contribution in [-0.4, -0.2) is 15.0 Å². The van der Waals surface area contributed by atoms with Gasteiger partial charge in [-0.3, -0.25) is 15.0 Å². The van der Waals surface area contributed by atoms with Crippen molar-refractivity contribution < 1.29 is 0 Å². The monoisotopic (exact) mass is 613 g/mol. The summed E-state index contributed by atoms with van der Waals surface area (Å²) in [6.45, 7) is 0. The van der Waals surface area contributed by atoms with Crippen LogP contribution >= 0.6 is 0 Å². The molecule has 3 heterocycles. The minimum absolute atomic E-state index is 0.968. The van der Waals surface area contributed by atoms with Gasteiger partial charge >= 0.3 is 0 Å². The fourth-order valence-corrected chi connectivity index (χ4v) is 6.20. The van der Waals surface area contributed by atoms with Crippen molar-refractivity contribution in [1.29, 1.82) is 0 Å². The van der Waals surface area contributed by atoms with Crippen LogP contribution < -0.4 is 0 Å². The van der Waals surface area contributed by atoms with E-state index in [2.05, 4.69) is 136 Å². The van der Waals surface area contributed by atoms with Crippen molar-refractivity contribution in [3.05, 3.63) is 189 Å². The van der Waals surface area contributed by atoms with Gasteiger partial charge in [0.05, 0.1) is 11.4 Å². The second-order valence-corrected chi connectivity index (χ2v) is 11.8. The third-order valence-electron chi connectivity index (χ3n) is 8.63. The minimum Gasteiger partial charge on any atom is -0.264 e. The summed E-state index contributed by atoms with van der Waals surface area (Å²) >= 11 is 0. The third kappa shape index (κ3) is 6.18. The van der Waals surface area contributed by atoms with E-state index in [4.69, 9.17) is 0 Å². The summed E-state index contributed by atoms with van der Waals surface area (Å²) in [5.41, 5.74) is 15.6. The first-order valence-electron chi connectivity index (χ1n) is 16.1. The number of benzene rings is 5. The molecular formula is C45H31N3. The molecule has 8 aromatic rings. The lowest BCUT2D eigenvalue weighted by Crippen LogP contribution is -1.89. The summed E-state index contributed by atoms with van der Waals surface area (Å²) in [6, 6.07) is 57.8. The van der Waals surface area contributed by atoms with Crippen LogP contribution in [0.15, 0.2) is 189 Å². The van der Waals surface area contributed by atoms with Gasteiger partial charge in [-0.05, 0) is 123 Å². The van der Waals surface area contributed by atoms with E-state index in [0.29, 0.717) is 0 Å². The molecule has 0 spiro atoms. The Balaban J connectivity index is 1.20. The molecule has 0 radical (unpaired) electrons. The SMILES string of the molecule is c1ccc(-c2cccc(-c3cccc(-c4cc(-c5cccnc5)cc(-c5cccc(-c6cccc(-c7ccccn7)c6)c5)c4)c3)c2)nc1. The van der Waals surface area contributed by atoms with Crippen LogP contribution in [0.4, 0.5) is 0 Å². The second kappa shape index (κ2) is 13.1. The van der Waals surface area contributed by atoms with E-state index in [-0.39, 0.29) is 0 Å². The van der Waals surface area contributed by atoms with Gasteiger partial charge in [0.1, 0.15) is 0 Å². The number of aromatic nitrogens is 3. The zero-order chi connectivity index (χ0) is 32.1. The fourth-order valence-electron chi connectivity index (χ4n) is 6.20. The van der Waals surface area contributed by atoms with Gasteiger partial charge in [-0.25, -0.2) is 0 Å². The highest BCUT2D eigenvalue weighted by Gasteiger charge is 2.11. The zero-order valence-corrected chi connectivity index (χ0v) is 26.2. The normalized spacial score (nSPS) is 10.9. The molecule has 0 aliphatic rings. The fraction of sp³-hybridized carbons (Fsp3) is 0. The van der Waals surface area contributed by atoms with Crippen molar-refractivity contribution in [3.8, 4) is 78.1 Å². The zero-order valence-electron chi connectivity index (χ0n) is 26.2. The van der Waals surface area contributed by atoms with E-state index in [1.807, 2.05) is 67.3 Å². The van der Waals surface area contributed by atoms with Crippen molar-refractivity contribution in [1.82, 2.24) is 15.0 Å². The Hall–Kier alpha value is -6.45. The average Bonchev–Trinajstić information content (AvgIpc) is 3.19. The molecule has 0 bridgehead atoms. The maximum Gasteiger partial charge on any atom is 0.0702 e. The molecule has 3 heteroatoms. The number of nitrogens with zero attached hydrogens (tertiary/aromatic N) is 3. The van der Waals surface area contributed by atoms with Crippen molar-refractivity contribution in [3.63, 3.8) is 0 Å². The van der Waals surface area contributed by atoms with Crippen LogP contribution in [0.5, 0.6) is 0 Å². The quantitative estimate of drug-likeness (QED) is 0.179. The van der Waals surface area contributed by atoms with E-state index in [0.717, 1.165) is 78.1 Å². The first-order chi connectivity index (χ1) is 23.8. The van der Waals surface area contributed by atoms with E-state index >= 15 is 0 Å². The van der Waals surface area contributed by atoms with Gasteiger partial charge in [0.2, 0.25) is 0 Å². The van der Waals surface area contributed by atoms with Crippen LogP contribution in [0, 0.1) is 0 Å².